The molecule has 1 aromatic rings. The van der Waals surface area contributed by atoms with E-state index in [0.29, 0.717) is 24.8 Å². The molecule has 1 aromatic carbocycles. The second-order valence-corrected chi connectivity index (χ2v) is 6.64. The Morgan fingerprint density at radius 3 is 2.26 bits per heavy atom. The molecule has 0 aliphatic rings. The molecule has 0 saturated carbocycles. The van der Waals surface area contributed by atoms with Crippen LogP contribution < -0.4 is 4.74 Å². The molecule has 0 unspecified atom stereocenters. The Morgan fingerprint density at radius 2 is 1.79 bits per heavy atom. The lowest BCUT2D eigenvalue weighted by molar-refractivity contribution is 0.0696. The first kappa shape index (κ1) is 15.6. The van der Waals surface area contributed by atoms with E-state index in [0.717, 1.165) is 0 Å². The van der Waals surface area contributed by atoms with E-state index in [1.54, 1.807) is 12.1 Å². The Hall–Kier alpha value is -1.41. The molecule has 0 aromatic heterocycles. The van der Waals surface area contributed by atoms with Crippen molar-refractivity contribution < 1.29 is 28.3 Å². The predicted molar refractivity (Wildman–Crippen MR) is 70.3 cm³/mol. The van der Waals surface area contributed by atoms with Crippen LogP contribution in [0.3, 0.4) is 0 Å². The second kappa shape index (κ2) is 7.24. The third-order valence-electron chi connectivity index (χ3n) is 2.64. The number of hydrogen-bond donors (Lipinski definition) is 2. The van der Waals surface area contributed by atoms with Crippen LogP contribution in [-0.2, 0) is 8.85 Å². The fourth-order valence-electron chi connectivity index (χ4n) is 1.47. The maximum absolute atomic E-state index is 10.7. The van der Waals surface area contributed by atoms with Crippen molar-refractivity contribution in [3.05, 3.63) is 29.8 Å². The van der Waals surface area contributed by atoms with Crippen molar-refractivity contribution in [1.82, 2.24) is 0 Å². The Kier molecular flexibility index (Phi) is 5.96. The molecule has 0 spiro atoms. The Morgan fingerprint density at radius 1 is 1.21 bits per heavy atom. The molecule has 7 heteroatoms. The molecule has 0 radical (unpaired) electrons. The van der Waals surface area contributed by atoms with E-state index < -0.39 is 14.8 Å². The van der Waals surface area contributed by atoms with Crippen LogP contribution in [0.15, 0.2) is 24.3 Å². The zero-order valence-electron chi connectivity index (χ0n) is 11.0. The van der Waals surface area contributed by atoms with Gasteiger partial charge in [-0.1, -0.05) is 0 Å². The van der Waals surface area contributed by atoms with E-state index in [1.807, 2.05) is 0 Å². The maximum Gasteiger partial charge on any atom is 0.497 e. The minimum Gasteiger partial charge on any atom is -0.494 e. The highest BCUT2D eigenvalue weighted by atomic mass is 28.4. The molecular formula is C12H18O6Si. The number of aromatic carboxylic acids is 1. The molecule has 0 amide bonds. The zero-order valence-corrected chi connectivity index (χ0v) is 12.0. The molecular weight excluding hydrogens is 268 g/mol. The summed E-state index contributed by atoms with van der Waals surface area (Å²) in [5, 5.41) is 8.74. The van der Waals surface area contributed by atoms with Crippen LogP contribution in [0, 0.1) is 0 Å². The van der Waals surface area contributed by atoms with Crippen LogP contribution >= 0.6 is 0 Å². The highest BCUT2D eigenvalue weighted by Crippen LogP contribution is 2.14. The molecule has 0 bridgehead atoms. The van der Waals surface area contributed by atoms with E-state index in [1.165, 1.54) is 26.4 Å². The molecule has 0 saturated heterocycles. The maximum atomic E-state index is 10.7. The first-order chi connectivity index (χ1) is 9.00. The summed E-state index contributed by atoms with van der Waals surface area (Å²) in [7, 11) is -0.181. The zero-order chi connectivity index (χ0) is 14.3. The van der Waals surface area contributed by atoms with Gasteiger partial charge in [-0.15, -0.1) is 0 Å². The smallest absolute Gasteiger partial charge is 0.494 e. The van der Waals surface area contributed by atoms with E-state index >= 15 is 0 Å². The minimum absolute atomic E-state index is 0.216. The molecule has 0 heterocycles. The first-order valence-corrected chi connectivity index (χ1v) is 7.76. The first-order valence-electron chi connectivity index (χ1n) is 5.79. The number of benzene rings is 1. The normalized spacial score (nSPS) is 11.3. The van der Waals surface area contributed by atoms with Gasteiger partial charge in [-0.3, -0.25) is 0 Å². The van der Waals surface area contributed by atoms with Crippen molar-refractivity contribution in [2.45, 2.75) is 12.5 Å². The van der Waals surface area contributed by atoms with Crippen LogP contribution in [-0.4, -0.2) is 45.5 Å². The van der Waals surface area contributed by atoms with Crippen LogP contribution in [0.2, 0.25) is 6.04 Å². The van der Waals surface area contributed by atoms with Gasteiger partial charge in [0.2, 0.25) is 0 Å². The largest absolute Gasteiger partial charge is 0.497 e. The fourth-order valence-corrected chi connectivity index (χ4v) is 2.63. The molecule has 2 N–H and O–H groups in total. The highest BCUT2D eigenvalue weighted by molar-refractivity contribution is 6.59. The van der Waals surface area contributed by atoms with Gasteiger partial charge in [0.25, 0.3) is 0 Å². The van der Waals surface area contributed by atoms with Crippen molar-refractivity contribution in [2.24, 2.45) is 0 Å². The van der Waals surface area contributed by atoms with Crippen molar-refractivity contribution in [2.75, 3.05) is 20.8 Å². The van der Waals surface area contributed by atoms with Crippen LogP contribution in [0.4, 0.5) is 0 Å². The summed E-state index contributed by atoms with van der Waals surface area (Å²) in [5.41, 5.74) is 0.216. The number of carboxylic acid groups (broad SMARTS) is 1. The van der Waals surface area contributed by atoms with Crippen LogP contribution in [0.25, 0.3) is 0 Å². The number of carbonyl (C=O) groups is 1. The van der Waals surface area contributed by atoms with E-state index in [4.69, 9.17) is 18.7 Å². The fraction of sp³-hybridized carbons (Fsp3) is 0.417. The third-order valence-corrected chi connectivity index (χ3v) is 4.91. The lowest BCUT2D eigenvalue weighted by Gasteiger charge is -2.19. The summed E-state index contributed by atoms with van der Waals surface area (Å²) in [6.07, 6.45) is 0.588. The average molecular weight is 286 g/mol. The average Bonchev–Trinajstić information content (AvgIpc) is 2.44. The predicted octanol–water partition coefficient (Wildman–Crippen LogP) is 1.38. The summed E-state index contributed by atoms with van der Waals surface area (Å²) in [5.74, 6) is -0.382. The van der Waals surface area contributed by atoms with Gasteiger partial charge < -0.3 is 23.5 Å². The van der Waals surface area contributed by atoms with Gasteiger partial charge in [-0.2, -0.15) is 0 Å². The van der Waals surface area contributed by atoms with Crippen molar-refractivity contribution in [1.29, 1.82) is 0 Å². The SMILES string of the molecule is CO[Si](O)(CCCOc1ccc(C(=O)O)cc1)OC. The number of ether oxygens (including phenoxy) is 1. The van der Waals surface area contributed by atoms with Gasteiger partial charge >= 0.3 is 14.8 Å². The van der Waals surface area contributed by atoms with Gasteiger partial charge in [0.1, 0.15) is 5.75 Å². The highest BCUT2D eigenvalue weighted by Gasteiger charge is 2.33. The minimum atomic E-state index is -3.02. The number of carboxylic acids is 1. The summed E-state index contributed by atoms with van der Waals surface area (Å²) >= 11 is 0. The van der Waals surface area contributed by atoms with Gasteiger partial charge in [0, 0.05) is 20.3 Å². The number of hydrogen-bond acceptors (Lipinski definition) is 5. The monoisotopic (exact) mass is 286 g/mol. The molecule has 106 valence electrons. The Bertz CT molecular complexity index is 401. The van der Waals surface area contributed by atoms with Gasteiger partial charge in [0.15, 0.2) is 0 Å². The summed E-state index contributed by atoms with van der Waals surface area (Å²) in [6, 6.07) is 6.56. The van der Waals surface area contributed by atoms with Gasteiger partial charge in [0.05, 0.1) is 12.2 Å². The van der Waals surface area contributed by atoms with Crippen molar-refractivity contribution in [3.8, 4) is 5.75 Å². The molecule has 6 nitrogen and oxygen atoms in total. The van der Waals surface area contributed by atoms with E-state index in [2.05, 4.69) is 0 Å². The van der Waals surface area contributed by atoms with Gasteiger partial charge in [-0.05, 0) is 30.7 Å². The lowest BCUT2D eigenvalue weighted by atomic mass is 10.2. The summed E-state index contributed by atoms with van der Waals surface area (Å²) < 4.78 is 15.3. The molecule has 1 rings (SSSR count). The molecule has 0 atom stereocenters. The van der Waals surface area contributed by atoms with E-state index in [9.17, 15) is 9.59 Å². The third kappa shape index (κ3) is 4.99. The van der Waals surface area contributed by atoms with Crippen molar-refractivity contribution in [3.63, 3.8) is 0 Å². The molecule has 19 heavy (non-hydrogen) atoms. The number of rotatable bonds is 8. The second-order valence-electron chi connectivity index (χ2n) is 3.90. The lowest BCUT2D eigenvalue weighted by Crippen LogP contribution is -2.40. The molecule has 0 aliphatic carbocycles. The topological polar surface area (TPSA) is 85.2 Å². The van der Waals surface area contributed by atoms with Crippen molar-refractivity contribution >= 4 is 14.8 Å². The Balaban J connectivity index is 2.35. The van der Waals surface area contributed by atoms with Gasteiger partial charge in [-0.25, -0.2) is 4.79 Å². The summed E-state index contributed by atoms with van der Waals surface area (Å²) in [6.45, 7) is 0.397. The van der Waals surface area contributed by atoms with Crippen LogP contribution in [0.1, 0.15) is 16.8 Å². The van der Waals surface area contributed by atoms with Crippen LogP contribution in [0.5, 0.6) is 5.75 Å². The van der Waals surface area contributed by atoms with E-state index in [-0.39, 0.29) is 5.56 Å². The molecule has 0 aliphatic heterocycles. The quantitative estimate of drug-likeness (QED) is 0.554. The summed E-state index contributed by atoms with van der Waals surface area (Å²) in [4.78, 5) is 20.5. The standard InChI is InChI=1S/C12H18O6Si/c1-16-19(15,17-2)9-3-8-18-11-6-4-10(5-7-11)12(13)14/h4-7,15H,3,8-9H2,1-2H3,(H,13,14). The molecule has 0 fully saturated rings. The Labute approximate surface area is 112 Å².